The minimum atomic E-state index is -0.954. The van der Waals surface area contributed by atoms with Crippen LogP contribution >= 0.6 is 0 Å². The molecule has 0 radical (unpaired) electrons. The minimum absolute atomic E-state index is 0.0104. The van der Waals surface area contributed by atoms with Crippen LogP contribution in [0.15, 0.2) is 30.5 Å². The maximum absolute atomic E-state index is 12.3. The number of carboxylic acids is 1. The zero-order chi connectivity index (χ0) is 19.8. The molecule has 3 N–H and O–H groups in total. The molecular formula is C20H25N3O4. The van der Waals surface area contributed by atoms with E-state index in [1.807, 2.05) is 31.5 Å². The topological polar surface area (TPSA) is 107 Å². The normalized spacial score (nSPS) is 17.9. The number of rotatable bonds is 4. The predicted octanol–water partition coefficient (Wildman–Crippen LogP) is 2.48. The molecule has 0 saturated carbocycles. The van der Waals surface area contributed by atoms with Gasteiger partial charge in [-0.3, -0.25) is 4.79 Å². The molecule has 144 valence electrons. The number of fused-ring (bicyclic) bond motifs is 1. The number of ether oxygens (including phenoxy) is 1. The molecule has 1 aliphatic rings. The maximum Gasteiger partial charge on any atom is 0.335 e. The van der Waals surface area contributed by atoms with Gasteiger partial charge in [-0.1, -0.05) is 12.1 Å². The van der Waals surface area contributed by atoms with E-state index in [0.29, 0.717) is 6.54 Å². The van der Waals surface area contributed by atoms with Crippen molar-refractivity contribution in [3.8, 4) is 11.3 Å². The summed E-state index contributed by atoms with van der Waals surface area (Å²) in [6, 6.07) is 5.97. The third kappa shape index (κ3) is 4.36. The summed E-state index contributed by atoms with van der Waals surface area (Å²) in [5.41, 5.74) is 7.48. The van der Waals surface area contributed by atoms with Gasteiger partial charge in [0.15, 0.2) is 0 Å². The lowest BCUT2D eigenvalue weighted by Crippen LogP contribution is -2.45. The van der Waals surface area contributed by atoms with Crippen molar-refractivity contribution in [3.05, 3.63) is 41.9 Å². The van der Waals surface area contributed by atoms with Crippen molar-refractivity contribution in [3.63, 3.8) is 0 Å². The van der Waals surface area contributed by atoms with E-state index in [2.05, 4.69) is 4.98 Å². The molecule has 1 aromatic carbocycles. The smallest absolute Gasteiger partial charge is 0.335 e. The van der Waals surface area contributed by atoms with Crippen LogP contribution in [0.1, 0.15) is 43.4 Å². The van der Waals surface area contributed by atoms with Crippen molar-refractivity contribution >= 4 is 11.9 Å². The monoisotopic (exact) mass is 371 g/mol. The number of nitrogens with zero attached hydrogens (tertiary/aromatic N) is 2. The molecule has 2 atom stereocenters. The van der Waals surface area contributed by atoms with Gasteiger partial charge in [0.05, 0.1) is 11.3 Å². The number of carbonyl (C=O) groups excluding carboxylic acids is 1. The van der Waals surface area contributed by atoms with Gasteiger partial charge < -0.3 is 20.1 Å². The zero-order valence-electron chi connectivity index (χ0n) is 15.8. The molecule has 2 unspecified atom stereocenters. The summed E-state index contributed by atoms with van der Waals surface area (Å²) in [5.74, 6) is -0.394. The molecule has 7 nitrogen and oxygen atoms in total. The summed E-state index contributed by atoms with van der Waals surface area (Å²) in [6.45, 7) is 6.09. The van der Waals surface area contributed by atoms with E-state index in [0.717, 1.165) is 29.9 Å². The van der Waals surface area contributed by atoms with Crippen molar-refractivity contribution in [1.82, 2.24) is 9.55 Å². The number of aromatic nitrogens is 2. The van der Waals surface area contributed by atoms with Crippen molar-refractivity contribution in [2.75, 3.05) is 0 Å². The van der Waals surface area contributed by atoms with E-state index in [1.165, 1.54) is 0 Å². The Kier molecular flexibility index (Phi) is 5.06. The van der Waals surface area contributed by atoms with Gasteiger partial charge in [-0.15, -0.1) is 0 Å². The number of esters is 1. The number of imidazole rings is 1. The highest BCUT2D eigenvalue weighted by molar-refractivity contribution is 5.88. The molecule has 0 spiro atoms. The standard InChI is InChI=1S/C20H25N3O4/c1-20(2,3)27-19(26)17(21)14-8-9-16-22-15(11-23(16)10-14)12-4-6-13(7-5-12)18(24)25/h4-7,11,14,17H,8-10,21H2,1-3H3,(H,24,25). The fourth-order valence-corrected chi connectivity index (χ4v) is 3.25. The number of carbonyl (C=O) groups is 2. The van der Waals surface area contributed by atoms with Crippen LogP contribution in [0.5, 0.6) is 0 Å². The lowest BCUT2D eigenvalue weighted by molar-refractivity contribution is -0.158. The Bertz CT molecular complexity index is 849. The quantitative estimate of drug-likeness (QED) is 0.800. The molecule has 1 aliphatic heterocycles. The highest BCUT2D eigenvalue weighted by atomic mass is 16.6. The average molecular weight is 371 g/mol. The number of carboxylic acid groups (broad SMARTS) is 1. The number of nitrogens with two attached hydrogens (primary N) is 1. The SMILES string of the molecule is CC(C)(C)OC(=O)C(N)C1CCc2nc(-c3ccc(C(=O)O)cc3)cn2C1. The third-order valence-corrected chi connectivity index (χ3v) is 4.64. The van der Waals surface area contributed by atoms with Crippen molar-refractivity contribution in [1.29, 1.82) is 0 Å². The molecule has 3 rings (SSSR count). The Labute approximate surface area is 158 Å². The Hall–Kier alpha value is -2.67. The first-order chi connectivity index (χ1) is 12.6. The Morgan fingerprint density at radius 1 is 1.30 bits per heavy atom. The average Bonchev–Trinajstić information content (AvgIpc) is 3.02. The van der Waals surface area contributed by atoms with Crippen LogP contribution in [-0.4, -0.2) is 38.2 Å². The van der Waals surface area contributed by atoms with Crippen LogP contribution in [0.4, 0.5) is 0 Å². The van der Waals surface area contributed by atoms with Gasteiger partial charge in [-0.05, 0) is 39.3 Å². The predicted molar refractivity (Wildman–Crippen MR) is 100 cm³/mol. The van der Waals surface area contributed by atoms with E-state index in [9.17, 15) is 9.59 Å². The number of hydrogen-bond acceptors (Lipinski definition) is 5. The second kappa shape index (κ2) is 7.15. The van der Waals surface area contributed by atoms with Gasteiger partial charge in [0, 0.05) is 30.6 Å². The lowest BCUT2D eigenvalue weighted by Gasteiger charge is -2.29. The molecule has 0 aliphatic carbocycles. The number of aromatic carboxylic acids is 1. The molecule has 27 heavy (non-hydrogen) atoms. The van der Waals surface area contributed by atoms with Gasteiger partial charge in [-0.2, -0.15) is 0 Å². The van der Waals surface area contributed by atoms with E-state index in [-0.39, 0.29) is 17.5 Å². The fraction of sp³-hybridized carbons (Fsp3) is 0.450. The van der Waals surface area contributed by atoms with Crippen molar-refractivity contribution in [2.45, 2.75) is 51.8 Å². The first kappa shape index (κ1) is 19.1. The van der Waals surface area contributed by atoms with Gasteiger partial charge in [0.1, 0.15) is 17.5 Å². The van der Waals surface area contributed by atoms with E-state index >= 15 is 0 Å². The zero-order valence-corrected chi connectivity index (χ0v) is 15.8. The summed E-state index contributed by atoms with van der Waals surface area (Å²) >= 11 is 0. The Morgan fingerprint density at radius 2 is 1.96 bits per heavy atom. The largest absolute Gasteiger partial charge is 0.478 e. The van der Waals surface area contributed by atoms with Crippen LogP contribution in [0, 0.1) is 5.92 Å². The molecular weight excluding hydrogens is 346 g/mol. The van der Waals surface area contributed by atoms with Crippen LogP contribution in [0.2, 0.25) is 0 Å². The third-order valence-electron chi connectivity index (χ3n) is 4.64. The maximum atomic E-state index is 12.3. The van der Waals surface area contributed by atoms with E-state index < -0.39 is 17.6 Å². The molecule has 0 saturated heterocycles. The highest BCUT2D eigenvalue weighted by Crippen LogP contribution is 2.27. The Balaban J connectivity index is 1.73. The Morgan fingerprint density at radius 3 is 2.56 bits per heavy atom. The van der Waals surface area contributed by atoms with Crippen LogP contribution in [-0.2, 0) is 22.5 Å². The summed E-state index contributed by atoms with van der Waals surface area (Å²) < 4.78 is 7.44. The van der Waals surface area contributed by atoms with Gasteiger partial charge in [0.25, 0.3) is 0 Å². The van der Waals surface area contributed by atoms with E-state index in [1.54, 1.807) is 24.3 Å². The van der Waals surface area contributed by atoms with Crippen LogP contribution < -0.4 is 5.73 Å². The van der Waals surface area contributed by atoms with Gasteiger partial charge >= 0.3 is 11.9 Å². The number of hydrogen-bond donors (Lipinski definition) is 2. The van der Waals surface area contributed by atoms with Gasteiger partial charge in [-0.25, -0.2) is 9.78 Å². The van der Waals surface area contributed by atoms with Crippen LogP contribution in [0.3, 0.4) is 0 Å². The fourth-order valence-electron chi connectivity index (χ4n) is 3.25. The van der Waals surface area contributed by atoms with Crippen molar-refractivity contribution in [2.24, 2.45) is 11.7 Å². The minimum Gasteiger partial charge on any atom is -0.478 e. The first-order valence-electron chi connectivity index (χ1n) is 9.02. The van der Waals surface area contributed by atoms with Gasteiger partial charge in [0.2, 0.25) is 0 Å². The molecule has 2 heterocycles. The summed E-state index contributed by atoms with van der Waals surface area (Å²) in [6.07, 6.45) is 3.43. The second-order valence-electron chi connectivity index (χ2n) is 7.94. The van der Waals surface area contributed by atoms with Crippen LogP contribution in [0.25, 0.3) is 11.3 Å². The summed E-state index contributed by atoms with van der Waals surface area (Å²) in [5, 5.41) is 9.01. The van der Waals surface area contributed by atoms with Crippen molar-refractivity contribution < 1.29 is 19.4 Å². The number of aryl methyl sites for hydroxylation is 1. The highest BCUT2D eigenvalue weighted by Gasteiger charge is 2.32. The lowest BCUT2D eigenvalue weighted by atomic mass is 9.92. The molecule has 2 aromatic rings. The molecule has 0 fully saturated rings. The summed E-state index contributed by atoms with van der Waals surface area (Å²) in [4.78, 5) is 27.9. The molecule has 7 heteroatoms. The number of benzene rings is 1. The molecule has 1 aromatic heterocycles. The first-order valence-corrected chi connectivity index (χ1v) is 9.02. The molecule has 0 bridgehead atoms. The summed E-state index contributed by atoms with van der Waals surface area (Å²) in [7, 11) is 0. The second-order valence-corrected chi connectivity index (χ2v) is 7.94. The van der Waals surface area contributed by atoms with E-state index in [4.69, 9.17) is 15.6 Å². The molecule has 0 amide bonds.